The molecule has 0 amide bonds. The lowest BCUT2D eigenvalue weighted by atomic mass is 9.95. The lowest BCUT2D eigenvalue weighted by Crippen LogP contribution is -2.24. The van der Waals surface area contributed by atoms with Crippen LogP contribution in [0.25, 0.3) is 29.5 Å². The number of aromatic carboxylic acids is 1. The van der Waals surface area contributed by atoms with E-state index in [0.717, 1.165) is 36.2 Å². The van der Waals surface area contributed by atoms with Crippen molar-refractivity contribution < 1.29 is 9.90 Å². The lowest BCUT2D eigenvalue weighted by molar-refractivity contribution is 0.0689. The fourth-order valence-electron chi connectivity index (χ4n) is 6.19. The highest BCUT2D eigenvalue weighted by Crippen LogP contribution is 2.35. The number of rotatable bonds is 8. The molecule has 0 atom stereocenters. The zero-order valence-electron chi connectivity index (χ0n) is 26.2. The number of nitrogens with one attached hydrogen (secondary N) is 1. The number of carbonyl (C=O) groups is 1. The minimum absolute atomic E-state index is 0.0460. The van der Waals surface area contributed by atoms with Crippen LogP contribution in [0.2, 0.25) is 0 Å². The minimum Gasteiger partial charge on any atom is -0.477 e. The number of nitrogens with zero attached hydrogens (tertiary/aromatic N) is 2. The van der Waals surface area contributed by atoms with Gasteiger partial charge in [0.15, 0.2) is 5.69 Å². The van der Waals surface area contributed by atoms with Crippen molar-refractivity contribution in [3.63, 3.8) is 0 Å². The number of hydrogen-bond donors (Lipinski definition) is 2. The molecule has 1 aliphatic rings. The summed E-state index contributed by atoms with van der Waals surface area (Å²) in [6.07, 6.45) is 7.44. The van der Waals surface area contributed by atoms with Crippen LogP contribution in [-0.2, 0) is 6.42 Å². The molecule has 0 aliphatic carbocycles. The Labute approximate surface area is 278 Å². The van der Waals surface area contributed by atoms with Gasteiger partial charge in [-0.15, -0.1) is 5.73 Å². The van der Waals surface area contributed by atoms with E-state index in [1.54, 1.807) is 30.3 Å². The molecular weight excluding hydrogens is 594 g/mol. The van der Waals surface area contributed by atoms with Gasteiger partial charge in [-0.05, 0) is 101 Å². The largest absolute Gasteiger partial charge is 0.477 e. The van der Waals surface area contributed by atoms with Gasteiger partial charge in [0.1, 0.15) is 0 Å². The summed E-state index contributed by atoms with van der Waals surface area (Å²) in [5.74, 6) is -1.21. The van der Waals surface area contributed by atoms with E-state index in [1.165, 1.54) is 38.7 Å². The number of hydrogen-bond acceptors (Lipinski definition) is 3. The fourth-order valence-corrected chi connectivity index (χ4v) is 6.19. The highest BCUT2D eigenvalue weighted by Gasteiger charge is 2.20. The Kier molecular flexibility index (Phi) is 8.56. The Morgan fingerprint density at radius 3 is 2.00 bits per heavy atom. The maximum absolute atomic E-state index is 13.1. The lowest BCUT2D eigenvalue weighted by Gasteiger charge is -2.31. The van der Waals surface area contributed by atoms with E-state index in [2.05, 4.69) is 107 Å². The predicted molar refractivity (Wildman–Crippen MR) is 194 cm³/mol. The van der Waals surface area contributed by atoms with Crippen molar-refractivity contribution in [1.82, 2.24) is 9.78 Å². The van der Waals surface area contributed by atoms with Crippen LogP contribution in [0.3, 0.4) is 0 Å². The first-order valence-electron chi connectivity index (χ1n) is 15.9. The second kappa shape index (κ2) is 13.6. The van der Waals surface area contributed by atoms with Crippen LogP contribution < -0.4 is 10.5 Å². The molecule has 1 aliphatic heterocycles. The molecule has 2 heterocycles. The standard InChI is InChI=1S/C42H33N3O3/c46-41-37(40(42(47)48)43-45(41)36-18-8-3-9-19-36)20-10-12-30-23-26-39-34(28-30)17-11-27-44(39)35-24-21-31(22-25-35)29-38(32-13-4-1-5-14-32)33-15-6-2-7-16-33/h1-9,12-16,18-26,28-29,43H,11,17,27H2,(H,47,48). The van der Waals surface area contributed by atoms with Gasteiger partial charge < -0.3 is 10.0 Å². The van der Waals surface area contributed by atoms with Gasteiger partial charge in [0, 0.05) is 17.9 Å². The molecule has 0 bridgehead atoms. The summed E-state index contributed by atoms with van der Waals surface area (Å²) in [6.45, 7) is 0.926. The smallest absolute Gasteiger partial charge is 0.354 e. The molecule has 0 unspecified atom stereocenters. The summed E-state index contributed by atoms with van der Waals surface area (Å²) in [7, 11) is 0. The van der Waals surface area contributed by atoms with Gasteiger partial charge in [-0.25, -0.2) is 9.48 Å². The van der Waals surface area contributed by atoms with Crippen LogP contribution in [0.15, 0.2) is 144 Å². The Morgan fingerprint density at radius 1 is 0.729 bits per heavy atom. The van der Waals surface area contributed by atoms with E-state index in [4.69, 9.17) is 0 Å². The molecule has 6 nitrogen and oxygen atoms in total. The molecule has 7 rings (SSSR count). The fraction of sp³-hybridized carbons (Fsp3) is 0.0714. The summed E-state index contributed by atoms with van der Waals surface area (Å²) < 4.78 is 1.23. The van der Waals surface area contributed by atoms with Gasteiger partial charge in [0.25, 0.3) is 5.56 Å². The first kappa shape index (κ1) is 30.3. The Morgan fingerprint density at radius 2 is 1.35 bits per heavy atom. The Balaban J connectivity index is 1.14. The second-order valence-corrected chi connectivity index (χ2v) is 11.7. The first-order valence-corrected chi connectivity index (χ1v) is 15.9. The quantitative estimate of drug-likeness (QED) is 0.131. The summed E-state index contributed by atoms with van der Waals surface area (Å²) in [4.78, 5) is 27.3. The van der Waals surface area contributed by atoms with Crippen LogP contribution in [0.5, 0.6) is 0 Å². The number of carboxylic acid groups (broad SMARTS) is 1. The number of fused-ring (bicyclic) bond motifs is 1. The maximum atomic E-state index is 13.1. The zero-order valence-corrected chi connectivity index (χ0v) is 26.2. The third-order valence-electron chi connectivity index (χ3n) is 8.54. The molecule has 6 aromatic rings. The number of para-hydroxylation sites is 1. The molecular formula is C42H33N3O3. The topological polar surface area (TPSA) is 78.3 Å². The van der Waals surface area contributed by atoms with Crippen molar-refractivity contribution in [2.75, 3.05) is 11.4 Å². The Hall–Kier alpha value is -6.36. The molecule has 2 N–H and O–H groups in total. The van der Waals surface area contributed by atoms with Gasteiger partial charge in [0.2, 0.25) is 0 Å². The Bertz CT molecular complexity index is 2180. The van der Waals surface area contributed by atoms with Crippen molar-refractivity contribution in [1.29, 1.82) is 0 Å². The summed E-state index contributed by atoms with van der Waals surface area (Å²) in [5.41, 5.74) is 12.2. The van der Waals surface area contributed by atoms with Crippen molar-refractivity contribution in [2.24, 2.45) is 0 Å². The number of aromatic amines is 1. The second-order valence-electron chi connectivity index (χ2n) is 11.7. The number of anilines is 2. The van der Waals surface area contributed by atoms with Crippen LogP contribution in [0, 0.1) is 0 Å². The average Bonchev–Trinajstić information content (AvgIpc) is 3.47. The molecule has 1 aromatic heterocycles. The van der Waals surface area contributed by atoms with E-state index in [9.17, 15) is 14.7 Å². The normalized spacial score (nSPS) is 12.0. The van der Waals surface area contributed by atoms with Gasteiger partial charge in [0.05, 0.1) is 11.3 Å². The third-order valence-corrected chi connectivity index (χ3v) is 8.54. The van der Waals surface area contributed by atoms with Crippen molar-refractivity contribution in [3.8, 4) is 5.69 Å². The monoisotopic (exact) mass is 627 g/mol. The summed E-state index contributed by atoms with van der Waals surface area (Å²) in [5, 5.41) is 12.4. The van der Waals surface area contributed by atoms with Gasteiger partial charge >= 0.3 is 5.97 Å². The maximum Gasteiger partial charge on any atom is 0.354 e. The highest BCUT2D eigenvalue weighted by molar-refractivity contribution is 5.92. The molecule has 0 saturated heterocycles. The molecule has 6 heteroatoms. The van der Waals surface area contributed by atoms with Crippen LogP contribution in [-0.4, -0.2) is 27.4 Å². The minimum atomic E-state index is -1.21. The van der Waals surface area contributed by atoms with Crippen molar-refractivity contribution in [2.45, 2.75) is 12.8 Å². The summed E-state index contributed by atoms with van der Waals surface area (Å²) in [6, 6.07) is 44.8. The average molecular weight is 628 g/mol. The van der Waals surface area contributed by atoms with E-state index >= 15 is 0 Å². The SMILES string of the molecule is O=C(O)c1[nH]n(-c2ccccc2)c(=O)c1C=C=Cc1ccc2c(c1)CCCN2c1ccc(C=C(c2ccccc2)c2ccccc2)cc1. The molecule has 0 saturated carbocycles. The third kappa shape index (κ3) is 6.34. The van der Waals surface area contributed by atoms with Crippen molar-refractivity contribution >= 4 is 41.1 Å². The molecule has 5 aromatic carbocycles. The van der Waals surface area contributed by atoms with E-state index < -0.39 is 11.5 Å². The molecule has 0 radical (unpaired) electrons. The van der Waals surface area contributed by atoms with Crippen LogP contribution in [0.1, 0.15) is 50.3 Å². The van der Waals surface area contributed by atoms with Gasteiger partial charge in [-0.1, -0.05) is 97.1 Å². The number of benzene rings is 5. The highest BCUT2D eigenvalue weighted by atomic mass is 16.4. The van der Waals surface area contributed by atoms with Crippen molar-refractivity contribution in [3.05, 3.63) is 189 Å². The van der Waals surface area contributed by atoms with Crippen LogP contribution >= 0.6 is 0 Å². The number of aryl methyl sites for hydroxylation is 1. The first-order chi connectivity index (χ1) is 23.5. The molecule has 0 spiro atoms. The molecule has 48 heavy (non-hydrogen) atoms. The van der Waals surface area contributed by atoms with E-state index in [-0.39, 0.29) is 11.3 Å². The van der Waals surface area contributed by atoms with E-state index in [1.807, 2.05) is 24.3 Å². The number of carboxylic acids is 1. The number of aromatic nitrogens is 2. The number of H-pyrrole nitrogens is 1. The summed E-state index contributed by atoms with van der Waals surface area (Å²) >= 11 is 0. The van der Waals surface area contributed by atoms with Crippen LogP contribution in [0.4, 0.5) is 11.4 Å². The molecule has 0 fully saturated rings. The molecule has 234 valence electrons. The van der Waals surface area contributed by atoms with Gasteiger partial charge in [-0.3, -0.25) is 9.89 Å². The van der Waals surface area contributed by atoms with E-state index in [0.29, 0.717) is 5.69 Å². The van der Waals surface area contributed by atoms with Gasteiger partial charge in [-0.2, -0.15) is 0 Å². The predicted octanol–water partition coefficient (Wildman–Crippen LogP) is 8.86. The zero-order chi connectivity index (χ0) is 32.9.